The van der Waals surface area contributed by atoms with Gasteiger partial charge in [-0.05, 0) is 5.56 Å². The first-order chi connectivity index (χ1) is 8.57. The minimum Gasteiger partial charge on any atom is -0.314 e. The molecule has 100 valence electrons. The first-order valence-corrected chi connectivity index (χ1v) is 6.12. The number of nitrogens with zero attached hydrogens (tertiary/aromatic N) is 1. The minimum atomic E-state index is -4.19. The maximum absolute atomic E-state index is 13.1. The van der Waals surface area contributed by atoms with Gasteiger partial charge in [-0.3, -0.25) is 4.90 Å². The lowest BCUT2D eigenvalue weighted by molar-refractivity contribution is -0.154. The lowest BCUT2D eigenvalue weighted by atomic mass is 9.97. The van der Waals surface area contributed by atoms with E-state index in [9.17, 15) is 13.2 Å². The standard InChI is InChI=1S/C13H17F3N2/c14-13(15,16)12(11-4-2-1-3-5-11)10-18-8-6-17-7-9-18/h1-5,12,17H,6-10H2. The molecule has 5 heteroatoms. The molecule has 2 rings (SSSR count). The fourth-order valence-electron chi connectivity index (χ4n) is 2.24. The summed E-state index contributed by atoms with van der Waals surface area (Å²) in [4.78, 5) is 1.88. The Balaban J connectivity index is 2.11. The second-order valence-electron chi connectivity index (χ2n) is 4.56. The summed E-state index contributed by atoms with van der Waals surface area (Å²) in [6.07, 6.45) is -4.19. The SMILES string of the molecule is FC(F)(F)C(CN1CCNCC1)c1ccccc1. The zero-order chi connectivity index (χ0) is 13.0. The van der Waals surface area contributed by atoms with Crippen LogP contribution in [-0.4, -0.2) is 43.8 Å². The van der Waals surface area contributed by atoms with Crippen molar-refractivity contribution in [3.8, 4) is 0 Å². The second-order valence-corrected chi connectivity index (χ2v) is 4.56. The topological polar surface area (TPSA) is 15.3 Å². The Morgan fingerprint density at radius 3 is 2.28 bits per heavy atom. The minimum absolute atomic E-state index is 0.0508. The van der Waals surface area contributed by atoms with Crippen LogP contribution in [-0.2, 0) is 0 Å². The van der Waals surface area contributed by atoms with Crippen molar-refractivity contribution in [1.82, 2.24) is 10.2 Å². The Labute approximate surface area is 105 Å². The summed E-state index contributed by atoms with van der Waals surface area (Å²) in [5, 5.41) is 3.14. The molecule has 1 aliphatic heterocycles. The lowest BCUT2D eigenvalue weighted by Crippen LogP contribution is -2.46. The summed E-state index contributed by atoms with van der Waals surface area (Å²) in [7, 11) is 0. The summed E-state index contributed by atoms with van der Waals surface area (Å²) in [6, 6.07) is 8.17. The van der Waals surface area contributed by atoms with E-state index in [-0.39, 0.29) is 6.54 Å². The van der Waals surface area contributed by atoms with Crippen molar-refractivity contribution in [2.75, 3.05) is 32.7 Å². The second kappa shape index (κ2) is 5.71. The van der Waals surface area contributed by atoms with Gasteiger partial charge >= 0.3 is 6.18 Å². The molecule has 0 radical (unpaired) electrons. The molecule has 1 heterocycles. The maximum Gasteiger partial charge on any atom is 0.396 e. The molecule has 1 aliphatic rings. The molecule has 2 nitrogen and oxygen atoms in total. The number of alkyl halides is 3. The third kappa shape index (κ3) is 3.46. The Morgan fingerprint density at radius 2 is 1.72 bits per heavy atom. The van der Waals surface area contributed by atoms with Crippen molar-refractivity contribution in [2.24, 2.45) is 0 Å². The van der Waals surface area contributed by atoms with E-state index in [2.05, 4.69) is 5.32 Å². The summed E-state index contributed by atoms with van der Waals surface area (Å²) in [5.41, 5.74) is 0.350. The van der Waals surface area contributed by atoms with Crippen molar-refractivity contribution >= 4 is 0 Å². The quantitative estimate of drug-likeness (QED) is 0.894. The summed E-state index contributed by atoms with van der Waals surface area (Å²) in [5.74, 6) is -1.39. The molecule has 0 saturated carbocycles. The summed E-state index contributed by atoms with van der Waals surface area (Å²) >= 11 is 0. The monoisotopic (exact) mass is 258 g/mol. The van der Waals surface area contributed by atoms with Crippen LogP contribution in [0.4, 0.5) is 13.2 Å². The van der Waals surface area contributed by atoms with E-state index in [1.807, 2.05) is 4.90 Å². The number of hydrogen-bond acceptors (Lipinski definition) is 2. The zero-order valence-electron chi connectivity index (χ0n) is 10.1. The number of halogens is 3. The summed E-state index contributed by atoms with van der Waals surface area (Å²) in [6.45, 7) is 2.94. The fourth-order valence-corrected chi connectivity index (χ4v) is 2.24. The van der Waals surface area contributed by atoms with E-state index < -0.39 is 12.1 Å². The molecule has 0 aliphatic carbocycles. The van der Waals surface area contributed by atoms with Crippen LogP contribution in [0.5, 0.6) is 0 Å². The summed E-state index contributed by atoms with van der Waals surface area (Å²) < 4.78 is 39.4. The van der Waals surface area contributed by atoms with Crippen LogP contribution in [0.3, 0.4) is 0 Å². The van der Waals surface area contributed by atoms with Crippen LogP contribution in [0.25, 0.3) is 0 Å². The smallest absolute Gasteiger partial charge is 0.314 e. The molecule has 1 fully saturated rings. The highest BCUT2D eigenvalue weighted by atomic mass is 19.4. The largest absolute Gasteiger partial charge is 0.396 e. The van der Waals surface area contributed by atoms with Gasteiger partial charge in [-0.1, -0.05) is 30.3 Å². The molecule has 1 aromatic rings. The van der Waals surface area contributed by atoms with Crippen molar-refractivity contribution in [2.45, 2.75) is 12.1 Å². The molecule has 0 aromatic heterocycles. The van der Waals surface area contributed by atoms with Gasteiger partial charge in [0.1, 0.15) is 0 Å². The molecular formula is C13H17F3N2. The van der Waals surface area contributed by atoms with Crippen LogP contribution in [0.2, 0.25) is 0 Å². The van der Waals surface area contributed by atoms with Gasteiger partial charge < -0.3 is 5.32 Å². The van der Waals surface area contributed by atoms with E-state index in [1.54, 1.807) is 30.3 Å². The predicted octanol–water partition coefficient (Wildman–Crippen LogP) is 2.24. The number of hydrogen-bond donors (Lipinski definition) is 1. The van der Waals surface area contributed by atoms with E-state index in [1.165, 1.54) is 0 Å². The molecule has 1 unspecified atom stereocenters. The van der Waals surface area contributed by atoms with Gasteiger partial charge in [-0.25, -0.2) is 0 Å². The highest BCUT2D eigenvalue weighted by Crippen LogP contribution is 2.35. The van der Waals surface area contributed by atoms with Gasteiger partial charge in [0.25, 0.3) is 0 Å². The third-order valence-electron chi connectivity index (χ3n) is 3.25. The zero-order valence-corrected chi connectivity index (χ0v) is 10.1. The molecule has 0 amide bonds. The van der Waals surface area contributed by atoms with Crippen molar-refractivity contribution in [1.29, 1.82) is 0 Å². The first-order valence-electron chi connectivity index (χ1n) is 6.12. The van der Waals surface area contributed by atoms with E-state index in [0.717, 1.165) is 13.1 Å². The molecule has 1 saturated heterocycles. The number of nitrogens with one attached hydrogen (secondary N) is 1. The average Bonchev–Trinajstić information content (AvgIpc) is 2.37. The van der Waals surface area contributed by atoms with Crippen molar-refractivity contribution < 1.29 is 13.2 Å². The first kappa shape index (κ1) is 13.4. The molecule has 1 aromatic carbocycles. The van der Waals surface area contributed by atoms with Crippen LogP contribution in [0, 0.1) is 0 Å². The van der Waals surface area contributed by atoms with Crippen LogP contribution in [0.15, 0.2) is 30.3 Å². The number of piperazine rings is 1. The number of benzene rings is 1. The molecule has 0 bridgehead atoms. The lowest BCUT2D eigenvalue weighted by Gasteiger charge is -2.32. The van der Waals surface area contributed by atoms with E-state index in [0.29, 0.717) is 18.7 Å². The van der Waals surface area contributed by atoms with Crippen molar-refractivity contribution in [3.63, 3.8) is 0 Å². The molecule has 1 N–H and O–H groups in total. The van der Waals surface area contributed by atoms with Gasteiger partial charge in [0.2, 0.25) is 0 Å². The molecular weight excluding hydrogens is 241 g/mol. The van der Waals surface area contributed by atoms with Gasteiger partial charge in [-0.15, -0.1) is 0 Å². The van der Waals surface area contributed by atoms with E-state index in [4.69, 9.17) is 0 Å². The Kier molecular flexibility index (Phi) is 4.24. The van der Waals surface area contributed by atoms with Gasteiger partial charge in [0.05, 0.1) is 5.92 Å². The van der Waals surface area contributed by atoms with Crippen LogP contribution >= 0.6 is 0 Å². The van der Waals surface area contributed by atoms with Crippen LogP contribution in [0.1, 0.15) is 11.5 Å². The highest BCUT2D eigenvalue weighted by Gasteiger charge is 2.41. The van der Waals surface area contributed by atoms with Crippen LogP contribution < -0.4 is 5.32 Å². The Morgan fingerprint density at radius 1 is 1.11 bits per heavy atom. The predicted molar refractivity (Wildman–Crippen MR) is 64.5 cm³/mol. The normalized spacial score (nSPS) is 19.7. The Bertz CT molecular complexity index is 358. The van der Waals surface area contributed by atoms with E-state index >= 15 is 0 Å². The average molecular weight is 258 g/mol. The van der Waals surface area contributed by atoms with Crippen molar-refractivity contribution in [3.05, 3.63) is 35.9 Å². The fraction of sp³-hybridized carbons (Fsp3) is 0.538. The number of rotatable bonds is 3. The van der Waals surface area contributed by atoms with Gasteiger partial charge in [0.15, 0.2) is 0 Å². The van der Waals surface area contributed by atoms with Gasteiger partial charge in [0, 0.05) is 32.7 Å². The molecule has 1 atom stereocenters. The molecule has 18 heavy (non-hydrogen) atoms. The maximum atomic E-state index is 13.1. The highest BCUT2D eigenvalue weighted by molar-refractivity contribution is 5.21. The third-order valence-corrected chi connectivity index (χ3v) is 3.25. The van der Waals surface area contributed by atoms with Gasteiger partial charge in [-0.2, -0.15) is 13.2 Å². The molecule has 0 spiro atoms. The Hall–Kier alpha value is -1.07.